The minimum atomic E-state index is -0.822. The Hall–Kier alpha value is 0.350. The van der Waals surface area contributed by atoms with Gasteiger partial charge in [-0.1, -0.05) is 0 Å². The predicted octanol–water partition coefficient (Wildman–Crippen LogP) is 3.68. The molecule has 0 aromatic heterocycles. The van der Waals surface area contributed by atoms with Crippen molar-refractivity contribution >= 4 is 62.2 Å². The van der Waals surface area contributed by atoms with Crippen LogP contribution in [0.1, 0.15) is 0 Å². The second-order valence-corrected chi connectivity index (χ2v) is 5.62. The minimum absolute atomic E-state index is 0.0603. The van der Waals surface area contributed by atoms with Gasteiger partial charge in [0.1, 0.15) is 0 Å². The molecule has 76 valence electrons. The first-order valence-corrected chi connectivity index (χ1v) is 6.55. The highest BCUT2D eigenvalue weighted by Crippen LogP contribution is 2.33. The molecule has 0 spiro atoms. The van der Waals surface area contributed by atoms with E-state index in [1.807, 2.05) is 12.1 Å². The topological polar surface area (TPSA) is 37.3 Å². The highest BCUT2D eigenvalue weighted by Gasteiger charge is 2.06. The second kappa shape index (κ2) is 5.44. The highest BCUT2D eigenvalue weighted by atomic mass is 79.9. The number of thiol groups is 1. The van der Waals surface area contributed by atoms with Crippen LogP contribution in [0.4, 0.5) is 0 Å². The summed E-state index contributed by atoms with van der Waals surface area (Å²) in [5.41, 5.74) is 0. The van der Waals surface area contributed by atoms with Crippen molar-refractivity contribution in [1.82, 2.24) is 0 Å². The van der Waals surface area contributed by atoms with Gasteiger partial charge in [-0.2, -0.15) is 0 Å². The molecule has 0 saturated carbocycles. The standard InChI is InChI=1S/C8H6Br2O2S2/c9-5-1-4(14-3-7(11)12)2-6(10)8(5)13/h1-2,13H,3H2,(H,11,12). The Labute approximate surface area is 108 Å². The third kappa shape index (κ3) is 3.49. The van der Waals surface area contributed by atoms with Gasteiger partial charge in [0.15, 0.2) is 0 Å². The van der Waals surface area contributed by atoms with E-state index in [4.69, 9.17) is 5.11 Å². The zero-order valence-electron chi connectivity index (χ0n) is 6.83. The van der Waals surface area contributed by atoms with Crippen LogP contribution in [-0.4, -0.2) is 16.8 Å². The van der Waals surface area contributed by atoms with Crippen LogP contribution in [0.25, 0.3) is 0 Å². The lowest BCUT2D eigenvalue weighted by Gasteiger charge is -2.04. The van der Waals surface area contributed by atoms with E-state index < -0.39 is 5.97 Å². The normalized spacial score (nSPS) is 10.2. The number of carboxylic acids is 1. The van der Waals surface area contributed by atoms with Crippen molar-refractivity contribution in [3.8, 4) is 0 Å². The second-order valence-electron chi connectivity index (χ2n) is 2.42. The lowest BCUT2D eigenvalue weighted by molar-refractivity contribution is -0.133. The Kier molecular flexibility index (Phi) is 4.82. The van der Waals surface area contributed by atoms with Crippen LogP contribution in [0.3, 0.4) is 0 Å². The first kappa shape index (κ1) is 12.4. The smallest absolute Gasteiger partial charge is 0.313 e. The van der Waals surface area contributed by atoms with Crippen LogP contribution in [0.5, 0.6) is 0 Å². The van der Waals surface area contributed by atoms with Crippen LogP contribution in [0.2, 0.25) is 0 Å². The van der Waals surface area contributed by atoms with Gasteiger partial charge in [-0.15, -0.1) is 24.4 Å². The third-order valence-electron chi connectivity index (χ3n) is 1.35. The van der Waals surface area contributed by atoms with E-state index in [1.54, 1.807) is 0 Å². The van der Waals surface area contributed by atoms with Gasteiger partial charge in [0, 0.05) is 18.7 Å². The van der Waals surface area contributed by atoms with Crippen molar-refractivity contribution in [2.45, 2.75) is 9.79 Å². The van der Waals surface area contributed by atoms with Gasteiger partial charge in [0.25, 0.3) is 0 Å². The van der Waals surface area contributed by atoms with Crippen molar-refractivity contribution in [3.05, 3.63) is 21.1 Å². The van der Waals surface area contributed by atoms with Gasteiger partial charge < -0.3 is 5.11 Å². The summed E-state index contributed by atoms with van der Waals surface area (Å²) < 4.78 is 1.70. The molecule has 0 saturated heterocycles. The molecular weight excluding hydrogens is 352 g/mol. The molecule has 1 aromatic rings. The molecule has 6 heteroatoms. The summed E-state index contributed by atoms with van der Waals surface area (Å²) in [5, 5.41) is 8.51. The first-order valence-electron chi connectivity index (χ1n) is 3.53. The van der Waals surface area contributed by atoms with Gasteiger partial charge in [0.05, 0.1) is 5.75 Å². The third-order valence-corrected chi connectivity index (χ3v) is 4.66. The number of hydrogen-bond donors (Lipinski definition) is 2. The van der Waals surface area contributed by atoms with E-state index in [-0.39, 0.29) is 5.75 Å². The molecular formula is C8H6Br2O2S2. The zero-order valence-corrected chi connectivity index (χ0v) is 11.7. The summed E-state index contributed by atoms with van der Waals surface area (Å²) in [6, 6.07) is 3.70. The number of benzene rings is 1. The SMILES string of the molecule is O=C(O)CSc1cc(Br)c(S)c(Br)c1. The lowest BCUT2D eigenvalue weighted by Crippen LogP contribution is -1.97. The predicted molar refractivity (Wildman–Crippen MR) is 67.5 cm³/mol. The number of thioether (sulfide) groups is 1. The van der Waals surface area contributed by atoms with E-state index in [9.17, 15) is 4.79 Å². The number of rotatable bonds is 3. The molecule has 0 fully saturated rings. The average Bonchev–Trinajstić information content (AvgIpc) is 2.10. The fraction of sp³-hybridized carbons (Fsp3) is 0.125. The summed E-state index contributed by atoms with van der Waals surface area (Å²) in [5.74, 6) is -0.762. The zero-order chi connectivity index (χ0) is 10.7. The van der Waals surface area contributed by atoms with Crippen molar-refractivity contribution in [2.24, 2.45) is 0 Å². The Bertz CT molecular complexity index is 345. The number of carboxylic acid groups (broad SMARTS) is 1. The molecule has 0 radical (unpaired) electrons. The maximum Gasteiger partial charge on any atom is 0.313 e. The molecule has 14 heavy (non-hydrogen) atoms. The Morgan fingerprint density at radius 1 is 1.43 bits per heavy atom. The molecule has 2 nitrogen and oxygen atoms in total. The molecule has 0 aliphatic carbocycles. The van der Waals surface area contributed by atoms with Crippen molar-refractivity contribution < 1.29 is 9.90 Å². The molecule has 0 unspecified atom stereocenters. The summed E-state index contributed by atoms with van der Waals surface area (Å²) in [6.45, 7) is 0. The van der Waals surface area contributed by atoms with Gasteiger partial charge in [-0.05, 0) is 44.0 Å². The van der Waals surface area contributed by atoms with Gasteiger partial charge in [0.2, 0.25) is 0 Å². The summed E-state index contributed by atoms with van der Waals surface area (Å²) in [6.07, 6.45) is 0. The summed E-state index contributed by atoms with van der Waals surface area (Å²) >= 11 is 12.2. The molecule has 0 aliphatic rings. The highest BCUT2D eigenvalue weighted by molar-refractivity contribution is 9.11. The molecule has 0 bridgehead atoms. The Balaban J connectivity index is 2.84. The van der Waals surface area contributed by atoms with Crippen LogP contribution >= 0.6 is 56.3 Å². The number of hydrogen-bond acceptors (Lipinski definition) is 3. The Morgan fingerprint density at radius 2 is 1.93 bits per heavy atom. The van der Waals surface area contributed by atoms with Gasteiger partial charge in [-0.25, -0.2) is 0 Å². The van der Waals surface area contributed by atoms with Crippen LogP contribution in [-0.2, 0) is 4.79 Å². The van der Waals surface area contributed by atoms with Gasteiger partial charge in [-0.3, -0.25) is 4.79 Å². The average molecular weight is 358 g/mol. The van der Waals surface area contributed by atoms with Crippen molar-refractivity contribution in [1.29, 1.82) is 0 Å². The van der Waals surface area contributed by atoms with Crippen LogP contribution < -0.4 is 0 Å². The van der Waals surface area contributed by atoms with E-state index in [0.717, 1.165) is 18.7 Å². The molecule has 1 N–H and O–H groups in total. The van der Waals surface area contributed by atoms with Crippen molar-refractivity contribution in [2.75, 3.05) is 5.75 Å². The molecule has 1 aromatic carbocycles. The molecule has 1 rings (SSSR count). The fourth-order valence-electron chi connectivity index (χ4n) is 0.771. The fourth-order valence-corrected chi connectivity index (χ4v) is 3.08. The van der Waals surface area contributed by atoms with E-state index >= 15 is 0 Å². The number of aliphatic carboxylic acids is 1. The maximum atomic E-state index is 10.4. The quantitative estimate of drug-likeness (QED) is 0.640. The minimum Gasteiger partial charge on any atom is -0.481 e. The maximum absolute atomic E-state index is 10.4. The van der Waals surface area contributed by atoms with E-state index in [2.05, 4.69) is 44.5 Å². The van der Waals surface area contributed by atoms with Crippen LogP contribution in [0, 0.1) is 0 Å². The number of carbonyl (C=O) groups is 1. The molecule has 0 aliphatic heterocycles. The summed E-state index contributed by atoms with van der Waals surface area (Å²) in [7, 11) is 0. The first-order chi connectivity index (χ1) is 6.50. The number of halogens is 2. The van der Waals surface area contributed by atoms with E-state index in [0.29, 0.717) is 0 Å². The molecule has 0 atom stereocenters. The monoisotopic (exact) mass is 356 g/mol. The molecule has 0 heterocycles. The van der Waals surface area contributed by atoms with Gasteiger partial charge >= 0.3 is 5.97 Å². The summed E-state index contributed by atoms with van der Waals surface area (Å²) in [4.78, 5) is 12.1. The van der Waals surface area contributed by atoms with Crippen LogP contribution in [0.15, 0.2) is 30.9 Å². The Morgan fingerprint density at radius 3 is 2.36 bits per heavy atom. The van der Waals surface area contributed by atoms with E-state index in [1.165, 1.54) is 11.8 Å². The van der Waals surface area contributed by atoms with Crippen molar-refractivity contribution in [3.63, 3.8) is 0 Å². The lowest BCUT2D eigenvalue weighted by atomic mass is 10.4. The largest absolute Gasteiger partial charge is 0.481 e. The molecule has 0 amide bonds.